The molecule has 94 valence electrons. The number of hydrogen-bond acceptors (Lipinski definition) is 4. The molecule has 1 heterocycles. The number of nitrogens with zero attached hydrogens (tertiary/aromatic N) is 1. The van der Waals surface area contributed by atoms with Crippen LogP contribution in [0, 0.1) is 11.6 Å². The fourth-order valence-electron chi connectivity index (χ4n) is 1.39. The minimum absolute atomic E-state index is 0.0157. The van der Waals surface area contributed by atoms with E-state index in [9.17, 15) is 13.6 Å². The first-order valence-corrected chi connectivity index (χ1v) is 4.76. The molecule has 0 unspecified atom stereocenters. The van der Waals surface area contributed by atoms with Crippen molar-refractivity contribution in [2.75, 3.05) is 7.11 Å². The average molecular weight is 255 g/mol. The van der Waals surface area contributed by atoms with E-state index in [1.807, 2.05) is 0 Å². The number of benzene rings is 1. The van der Waals surface area contributed by atoms with Crippen LogP contribution in [0.5, 0.6) is 5.75 Å². The normalized spacial score (nSPS) is 10.4. The third-order valence-electron chi connectivity index (χ3n) is 2.24. The summed E-state index contributed by atoms with van der Waals surface area (Å²) in [4.78, 5) is 10.6. The second kappa shape index (κ2) is 4.44. The Kier molecular flexibility index (Phi) is 2.97. The summed E-state index contributed by atoms with van der Waals surface area (Å²) in [6.45, 7) is 0. The van der Waals surface area contributed by atoms with Crippen LogP contribution in [0.25, 0.3) is 11.3 Å². The van der Waals surface area contributed by atoms with Gasteiger partial charge >= 0.3 is 5.97 Å². The minimum atomic E-state index is -1.29. The monoisotopic (exact) mass is 255 g/mol. The van der Waals surface area contributed by atoms with E-state index in [2.05, 4.69) is 5.16 Å². The SMILES string of the molecule is COc1cc(F)c(F)cc1-c1cc(C(=O)O)no1. The lowest BCUT2D eigenvalue weighted by Gasteiger charge is -2.05. The van der Waals surface area contributed by atoms with E-state index in [1.165, 1.54) is 7.11 Å². The number of aromatic nitrogens is 1. The highest BCUT2D eigenvalue weighted by molar-refractivity contribution is 5.86. The molecule has 0 aliphatic heterocycles. The molecule has 0 atom stereocenters. The van der Waals surface area contributed by atoms with Gasteiger partial charge in [-0.05, 0) is 6.07 Å². The fourth-order valence-corrected chi connectivity index (χ4v) is 1.39. The number of ether oxygens (including phenoxy) is 1. The molecule has 1 aromatic carbocycles. The molecule has 0 bridgehead atoms. The zero-order chi connectivity index (χ0) is 13.3. The van der Waals surface area contributed by atoms with Crippen molar-refractivity contribution >= 4 is 5.97 Å². The van der Waals surface area contributed by atoms with Crippen LogP contribution in [0.3, 0.4) is 0 Å². The van der Waals surface area contributed by atoms with Crippen molar-refractivity contribution in [2.45, 2.75) is 0 Å². The van der Waals surface area contributed by atoms with E-state index < -0.39 is 17.6 Å². The number of aromatic carboxylic acids is 1. The molecule has 0 radical (unpaired) electrons. The van der Waals surface area contributed by atoms with Crippen molar-refractivity contribution in [2.24, 2.45) is 0 Å². The van der Waals surface area contributed by atoms with Gasteiger partial charge in [0.2, 0.25) is 0 Å². The number of rotatable bonds is 3. The minimum Gasteiger partial charge on any atom is -0.496 e. The summed E-state index contributed by atoms with van der Waals surface area (Å²) in [5, 5.41) is 12.0. The molecule has 5 nitrogen and oxygen atoms in total. The summed E-state index contributed by atoms with van der Waals surface area (Å²) in [6, 6.07) is 2.78. The molecule has 0 fully saturated rings. The molecule has 18 heavy (non-hydrogen) atoms. The first kappa shape index (κ1) is 12.0. The maximum absolute atomic E-state index is 13.1. The number of carboxylic acids is 1. The molecule has 0 aliphatic rings. The predicted molar refractivity (Wildman–Crippen MR) is 55.4 cm³/mol. The highest BCUT2D eigenvalue weighted by atomic mass is 19.2. The van der Waals surface area contributed by atoms with Crippen molar-refractivity contribution < 1.29 is 27.9 Å². The van der Waals surface area contributed by atoms with E-state index in [1.54, 1.807) is 0 Å². The van der Waals surface area contributed by atoms with Gasteiger partial charge in [-0.2, -0.15) is 0 Å². The second-order valence-corrected chi connectivity index (χ2v) is 3.35. The van der Waals surface area contributed by atoms with Crippen LogP contribution in [0.15, 0.2) is 22.7 Å². The van der Waals surface area contributed by atoms with E-state index in [-0.39, 0.29) is 22.8 Å². The largest absolute Gasteiger partial charge is 0.496 e. The Morgan fingerprint density at radius 2 is 2.00 bits per heavy atom. The van der Waals surface area contributed by atoms with Crippen molar-refractivity contribution in [3.05, 3.63) is 35.5 Å². The van der Waals surface area contributed by atoms with Gasteiger partial charge in [-0.3, -0.25) is 0 Å². The Morgan fingerprint density at radius 3 is 2.56 bits per heavy atom. The van der Waals surface area contributed by atoms with E-state index in [0.29, 0.717) is 0 Å². The molecule has 1 N–H and O–H groups in total. The van der Waals surface area contributed by atoms with Crippen LogP contribution in [0.4, 0.5) is 8.78 Å². The molecule has 7 heteroatoms. The zero-order valence-corrected chi connectivity index (χ0v) is 9.11. The lowest BCUT2D eigenvalue weighted by molar-refractivity contribution is 0.0686. The van der Waals surface area contributed by atoms with Gasteiger partial charge in [0.15, 0.2) is 23.1 Å². The van der Waals surface area contributed by atoms with E-state index in [4.69, 9.17) is 14.4 Å². The summed E-state index contributed by atoms with van der Waals surface area (Å²) in [7, 11) is 1.27. The molecule has 0 amide bonds. The van der Waals surface area contributed by atoms with Crippen LogP contribution in [0.2, 0.25) is 0 Å². The maximum atomic E-state index is 13.1. The second-order valence-electron chi connectivity index (χ2n) is 3.35. The lowest BCUT2D eigenvalue weighted by atomic mass is 10.1. The molecule has 2 rings (SSSR count). The summed E-state index contributed by atoms with van der Waals surface area (Å²) in [6.07, 6.45) is 0. The number of methoxy groups -OCH3 is 1. The molecular weight excluding hydrogens is 248 g/mol. The molecule has 0 aliphatic carbocycles. The first-order chi connectivity index (χ1) is 8.52. The van der Waals surface area contributed by atoms with Gasteiger partial charge in [0, 0.05) is 12.1 Å². The first-order valence-electron chi connectivity index (χ1n) is 4.76. The summed E-state index contributed by atoms with van der Waals surface area (Å²) >= 11 is 0. The van der Waals surface area contributed by atoms with Gasteiger partial charge in [-0.15, -0.1) is 0 Å². The van der Waals surface area contributed by atoms with E-state index >= 15 is 0 Å². The van der Waals surface area contributed by atoms with Crippen molar-refractivity contribution in [3.8, 4) is 17.1 Å². The quantitative estimate of drug-likeness (QED) is 0.911. The topological polar surface area (TPSA) is 72.6 Å². The molecule has 0 saturated heterocycles. The van der Waals surface area contributed by atoms with Crippen LogP contribution >= 0.6 is 0 Å². The van der Waals surface area contributed by atoms with Gasteiger partial charge in [0.05, 0.1) is 12.7 Å². The third kappa shape index (κ3) is 2.02. The molecular formula is C11H7F2NO4. The van der Waals surface area contributed by atoms with Crippen molar-refractivity contribution in [1.82, 2.24) is 5.16 Å². The Labute approximate surface area is 99.6 Å². The van der Waals surface area contributed by atoms with Gasteiger partial charge in [0.25, 0.3) is 0 Å². The highest BCUT2D eigenvalue weighted by Crippen LogP contribution is 2.32. The third-order valence-corrected chi connectivity index (χ3v) is 2.24. The Morgan fingerprint density at radius 1 is 1.33 bits per heavy atom. The number of carbonyl (C=O) groups is 1. The molecule has 0 saturated carbocycles. The van der Waals surface area contributed by atoms with Crippen LogP contribution < -0.4 is 4.74 Å². The van der Waals surface area contributed by atoms with Crippen LogP contribution in [-0.4, -0.2) is 23.3 Å². The van der Waals surface area contributed by atoms with Crippen LogP contribution in [0.1, 0.15) is 10.5 Å². The summed E-state index contributed by atoms with van der Waals surface area (Å²) < 4.78 is 35.8. The number of carboxylic acid groups (broad SMARTS) is 1. The Balaban J connectivity index is 2.55. The van der Waals surface area contributed by atoms with Crippen LogP contribution in [-0.2, 0) is 0 Å². The maximum Gasteiger partial charge on any atom is 0.358 e. The molecule has 2 aromatic rings. The Hall–Kier alpha value is -2.44. The zero-order valence-electron chi connectivity index (χ0n) is 9.11. The Bertz CT molecular complexity index is 609. The predicted octanol–water partition coefficient (Wildman–Crippen LogP) is 2.33. The van der Waals surface area contributed by atoms with Crippen molar-refractivity contribution in [1.29, 1.82) is 0 Å². The number of halogens is 2. The highest BCUT2D eigenvalue weighted by Gasteiger charge is 2.18. The van der Waals surface area contributed by atoms with Crippen molar-refractivity contribution in [3.63, 3.8) is 0 Å². The van der Waals surface area contributed by atoms with Gasteiger partial charge in [-0.1, -0.05) is 5.16 Å². The van der Waals surface area contributed by atoms with Gasteiger partial charge in [-0.25, -0.2) is 13.6 Å². The smallest absolute Gasteiger partial charge is 0.358 e. The number of hydrogen-bond donors (Lipinski definition) is 1. The summed E-state index contributed by atoms with van der Waals surface area (Å²) in [5.74, 6) is -3.47. The average Bonchev–Trinajstić information content (AvgIpc) is 2.81. The molecule has 1 aromatic heterocycles. The van der Waals surface area contributed by atoms with E-state index in [0.717, 1.165) is 18.2 Å². The standard InChI is InChI=1S/C11H7F2NO4/c1-17-9-3-7(13)6(12)2-5(9)10-4-8(11(15)16)14-18-10/h2-4H,1H3,(H,15,16). The van der Waals surface area contributed by atoms with Gasteiger partial charge in [0.1, 0.15) is 5.75 Å². The molecule has 0 spiro atoms. The lowest BCUT2D eigenvalue weighted by Crippen LogP contribution is -1.95. The fraction of sp³-hybridized carbons (Fsp3) is 0.0909. The van der Waals surface area contributed by atoms with Gasteiger partial charge < -0.3 is 14.4 Å². The summed E-state index contributed by atoms with van der Waals surface area (Å²) in [5.41, 5.74) is -0.256.